The van der Waals surface area contributed by atoms with Crippen molar-refractivity contribution in [3.63, 3.8) is 0 Å². The fourth-order valence-electron chi connectivity index (χ4n) is 1.36. The fraction of sp³-hybridized carbons (Fsp3) is 0.500. The van der Waals surface area contributed by atoms with Gasteiger partial charge in [0.2, 0.25) is 0 Å². The Morgan fingerprint density at radius 3 is 2.56 bits per heavy atom. The number of halogens is 3. The van der Waals surface area contributed by atoms with Crippen LogP contribution in [0.15, 0.2) is 11.4 Å². The number of aliphatic carboxylic acids is 1. The largest absolute Gasteiger partial charge is 0.481 e. The average molecular weight is 252 g/mol. The molecule has 2 nitrogen and oxygen atoms in total. The Morgan fingerprint density at radius 1 is 1.56 bits per heavy atom. The molecule has 1 aromatic heterocycles. The van der Waals surface area contributed by atoms with Gasteiger partial charge in [-0.3, -0.25) is 4.79 Å². The topological polar surface area (TPSA) is 37.3 Å². The summed E-state index contributed by atoms with van der Waals surface area (Å²) in [5.41, 5.74) is -0.769. The Hall–Kier alpha value is -1.04. The molecule has 0 bridgehead atoms. The van der Waals surface area contributed by atoms with Gasteiger partial charge in [-0.05, 0) is 12.5 Å². The highest BCUT2D eigenvalue weighted by molar-refractivity contribution is 7.10. The van der Waals surface area contributed by atoms with E-state index in [9.17, 15) is 18.0 Å². The second-order valence-corrected chi connectivity index (χ2v) is 4.36. The summed E-state index contributed by atoms with van der Waals surface area (Å²) in [7, 11) is 0. The van der Waals surface area contributed by atoms with Crippen molar-refractivity contribution in [2.24, 2.45) is 0 Å². The smallest absolute Gasteiger partial charge is 0.417 e. The van der Waals surface area contributed by atoms with Crippen LogP contribution >= 0.6 is 11.3 Å². The molecule has 90 valence electrons. The molecule has 0 aromatic carbocycles. The molecular formula is C10H11F3O2S. The Bertz CT molecular complexity index is 370. The van der Waals surface area contributed by atoms with Crippen LogP contribution in [0.1, 0.15) is 36.1 Å². The lowest BCUT2D eigenvalue weighted by atomic mass is 10.0. The van der Waals surface area contributed by atoms with Gasteiger partial charge in [-0.2, -0.15) is 13.2 Å². The first-order valence-electron chi connectivity index (χ1n) is 4.74. The summed E-state index contributed by atoms with van der Waals surface area (Å²) < 4.78 is 36.9. The summed E-state index contributed by atoms with van der Waals surface area (Å²) >= 11 is 0.852. The number of thiophene rings is 1. The molecule has 1 unspecified atom stereocenters. The zero-order valence-electron chi connectivity index (χ0n) is 8.54. The molecule has 0 fully saturated rings. The van der Waals surface area contributed by atoms with Crippen LogP contribution in [0.2, 0.25) is 0 Å². The van der Waals surface area contributed by atoms with Crippen LogP contribution in [-0.4, -0.2) is 11.1 Å². The van der Waals surface area contributed by atoms with Crippen LogP contribution in [0.3, 0.4) is 0 Å². The summed E-state index contributed by atoms with van der Waals surface area (Å²) in [4.78, 5) is 11.1. The van der Waals surface area contributed by atoms with Gasteiger partial charge in [0.15, 0.2) is 0 Å². The van der Waals surface area contributed by atoms with E-state index in [1.165, 1.54) is 0 Å². The number of rotatable bonds is 4. The summed E-state index contributed by atoms with van der Waals surface area (Å²) in [6.45, 7) is 1.80. The van der Waals surface area contributed by atoms with Crippen LogP contribution in [0.25, 0.3) is 0 Å². The number of carbonyl (C=O) groups is 1. The summed E-state index contributed by atoms with van der Waals surface area (Å²) in [5.74, 6) is -1.90. The Balaban J connectivity index is 2.95. The predicted octanol–water partition coefficient (Wildman–Crippen LogP) is 3.74. The van der Waals surface area contributed by atoms with Gasteiger partial charge < -0.3 is 5.11 Å². The number of carboxylic acid groups (broad SMARTS) is 1. The van der Waals surface area contributed by atoms with Gasteiger partial charge in [-0.1, -0.05) is 13.3 Å². The van der Waals surface area contributed by atoms with E-state index in [0.717, 1.165) is 22.8 Å². The maximum Gasteiger partial charge on any atom is 0.417 e. The van der Waals surface area contributed by atoms with Crippen molar-refractivity contribution >= 4 is 17.3 Å². The standard InChI is InChI=1S/C10H11F3O2S/c1-2-3-7(9(14)15)8-4-6(5-16-8)10(11,12)13/h4-5,7H,2-3H2,1H3,(H,14,15). The number of hydrogen-bond donors (Lipinski definition) is 1. The lowest BCUT2D eigenvalue weighted by Crippen LogP contribution is -2.10. The van der Waals surface area contributed by atoms with Gasteiger partial charge in [0.1, 0.15) is 0 Å². The molecule has 0 radical (unpaired) electrons. The summed E-state index contributed by atoms with van der Waals surface area (Å²) in [5, 5.41) is 9.85. The van der Waals surface area contributed by atoms with Crippen LogP contribution < -0.4 is 0 Å². The van der Waals surface area contributed by atoms with Crippen molar-refractivity contribution in [1.82, 2.24) is 0 Å². The Kier molecular flexibility index (Phi) is 3.96. The van der Waals surface area contributed by atoms with Crippen molar-refractivity contribution in [3.8, 4) is 0 Å². The zero-order valence-corrected chi connectivity index (χ0v) is 9.36. The number of carboxylic acids is 1. The lowest BCUT2D eigenvalue weighted by molar-refractivity contribution is -0.140. The Morgan fingerprint density at radius 2 is 2.19 bits per heavy atom. The minimum Gasteiger partial charge on any atom is -0.481 e. The van der Waals surface area contributed by atoms with Crippen molar-refractivity contribution in [2.75, 3.05) is 0 Å². The van der Waals surface area contributed by atoms with Gasteiger partial charge in [0.05, 0.1) is 11.5 Å². The van der Waals surface area contributed by atoms with Gasteiger partial charge >= 0.3 is 12.1 Å². The maximum atomic E-state index is 12.3. The summed E-state index contributed by atoms with van der Waals surface area (Å²) in [6.07, 6.45) is -3.42. The van der Waals surface area contributed by atoms with E-state index in [1.54, 1.807) is 6.92 Å². The molecule has 0 aliphatic rings. The first-order chi connectivity index (χ1) is 7.36. The van der Waals surface area contributed by atoms with E-state index < -0.39 is 23.6 Å². The van der Waals surface area contributed by atoms with Crippen LogP contribution in [-0.2, 0) is 11.0 Å². The van der Waals surface area contributed by atoms with E-state index in [2.05, 4.69) is 0 Å². The molecule has 0 spiro atoms. The molecular weight excluding hydrogens is 241 g/mol. The van der Waals surface area contributed by atoms with E-state index in [1.807, 2.05) is 0 Å². The summed E-state index contributed by atoms with van der Waals surface area (Å²) in [6, 6.07) is 0.930. The molecule has 1 heterocycles. The predicted molar refractivity (Wildman–Crippen MR) is 54.6 cm³/mol. The molecule has 16 heavy (non-hydrogen) atoms. The molecule has 0 saturated carbocycles. The number of hydrogen-bond acceptors (Lipinski definition) is 2. The van der Waals surface area contributed by atoms with E-state index in [4.69, 9.17) is 5.11 Å². The third-order valence-electron chi connectivity index (χ3n) is 2.17. The average Bonchev–Trinajstić information content (AvgIpc) is 2.61. The number of alkyl halides is 3. The van der Waals surface area contributed by atoms with Gasteiger partial charge in [-0.25, -0.2) is 0 Å². The van der Waals surface area contributed by atoms with E-state index in [0.29, 0.717) is 12.8 Å². The molecule has 0 saturated heterocycles. The SMILES string of the molecule is CCCC(C(=O)O)c1cc(C(F)(F)F)cs1. The van der Waals surface area contributed by atoms with Gasteiger partial charge in [0.25, 0.3) is 0 Å². The second-order valence-electron chi connectivity index (χ2n) is 3.42. The normalized spacial score (nSPS) is 13.8. The molecule has 1 aromatic rings. The van der Waals surface area contributed by atoms with E-state index >= 15 is 0 Å². The van der Waals surface area contributed by atoms with Crippen LogP contribution in [0.5, 0.6) is 0 Å². The monoisotopic (exact) mass is 252 g/mol. The van der Waals surface area contributed by atoms with E-state index in [-0.39, 0.29) is 4.88 Å². The van der Waals surface area contributed by atoms with Crippen molar-refractivity contribution in [1.29, 1.82) is 0 Å². The minimum absolute atomic E-state index is 0.265. The minimum atomic E-state index is -4.40. The molecule has 0 amide bonds. The van der Waals surface area contributed by atoms with Crippen LogP contribution in [0.4, 0.5) is 13.2 Å². The molecule has 0 aliphatic carbocycles. The maximum absolute atomic E-state index is 12.3. The molecule has 1 atom stereocenters. The zero-order chi connectivity index (χ0) is 12.3. The van der Waals surface area contributed by atoms with Crippen molar-refractivity contribution < 1.29 is 23.1 Å². The first-order valence-corrected chi connectivity index (χ1v) is 5.62. The second kappa shape index (κ2) is 4.86. The highest BCUT2D eigenvalue weighted by atomic mass is 32.1. The Labute approximate surface area is 94.7 Å². The van der Waals surface area contributed by atoms with Gasteiger partial charge in [-0.15, -0.1) is 11.3 Å². The highest BCUT2D eigenvalue weighted by Crippen LogP contribution is 2.36. The lowest BCUT2D eigenvalue weighted by Gasteiger charge is -2.08. The van der Waals surface area contributed by atoms with Crippen LogP contribution in [0, 0.1) is 0 Å². The quantitative estimate of drug-likeness (QED) is 0.886. The molecule has 1 rings (SSSR count). The van der Waals surface area contributed by atoms with Gasteiger partial charge in [0, 0.05) is 10.3 Å². The molecule has 0 aliphatic heterocycles. The highest BCUT2D eigenvalue weighted by Gasteiger charge is 2.33. The van der Waals surface area contributed by atoms with Crippen molar-refractivity contribution in [3.05, 3.63) is 21.9 Å². The van der Waals surface area contributed by atoms with Crippen molar-refractivity contribution in [2.45, 2.75) is 31.9 Å². The third-order valence-corrected chi connectivity index (χ3v) is 3.21. The molecule has 1 N–H and O–H groups in total. The molecule has 6 heteroatoms. The first kappa shape index (κ1) is 13.0. The fourth-order valence-corrected chi connectivity index (χ4v) is 2.40. The third kappa shape index (κ3) is 2.98.